The van der Waals surface area contributed by atoms with Crippen LogP contribution in [0.4, 0.5) is 0 Å². The van der Waals surface area contributed by atoms with Crippen molar-refractivity contribution in [2.45, 2.75) is 19.3 Å². The smallest absolute Gasteiger partial charge is 0.163 e. The fourth-order valence-corrected chi connectivity index (χ4v) is 9.65. The van der Waals surface area contributed by atoms with Crippen LogP contribution >= 0.6 is 0 Å². The van der Waals surface area contributed by atoms with Gasteiger partial charge in [0.25, 0.3) is 0 Å². The summed E-state index contributed by atoms with van der Waals surface area (Å²) in [6.07, 6.45) is 3.64. The lowest BCUT2D eigenvalue weighted by Crippen LogP contribution is -2.15. The third kappa shape index (κ3) is 6.24. The van der Waals surface area contributed by atoms with Gasteiger partial charge in [-0.05, 0) is 86.0 Å². The van der Waals surface area contributed by atoms with Crippen molar-refractivity contribution in [2.75, 3.05) is 0 Å². The molecular weight excluding hydrogens is 781 g/mol. The summed E-state index contributed by atoms with van der Waals surface area (Å²) in [5.74, 6) is 2.80. The maximum Gasteiger partial charge on any atom is 0.163 e. The van der Waals surface area contributed by atoms with Crippen LogP contribution in [-0.4, -0.2) is 19.9 Å². The summed E-state index contributed by atoms with van der Waals surface area (Å²) >= 11 is 0. The minimum atomic E-state index is -0.228. The minimum absolute atomic E-state index is 0.228. The van der Waals surface area contributed by atoms with E-state index in [2.05, 4.69) is 159 Å². The average Bonchev–Trinajstić information content (AvgIpc) is 3.58. The van der Waals surface area contributed by atoms with Gasteiger partial charge in [-0.15, -0.1) is 0 Å². The Hall–Kier alpha value is -8.28. The zero-order valence-corrected chi connectivity index (χ0v) is 35.3. The molecule has 0 unspecified atom stereocenters. The maximum absolute atomic E-state index is 7.31. The molecular formula is C59H40N4O. The van der Waals surface area contributed by atoms with Gasteiger partial charge in [-0.3, -0.25) is 0 Å². The lowest BCUT2D eigenvalue weighted by molar-refractivity contribution is 0.484. The van der Waals surface area contributed by atoms with Crippen LogP contribution in [0.1, 0.15) is 25.0 Å². The molecule has 3 heterocycles. The number of hydrogen-bond donors (Lipinski definition) is 0. The van der Waals surface area contributed by atoms with Crippen LogP contribution in [-0.2, 0) is 5.41 Å². The number of fused-ring (bicyclic) bond motifs is 12. The number of hydrogen-bond acceptors (Lipinski definition) is 5. The Balaban J connectivity index is 1.13. The van der Waals surface area contributed by atoms with Gasteiger partial charge in [0.05, 0.1) is 17.0 Å². The van der Waals surface area contributed by atoms with Crippen molar-refractivity contribution >= 4 is 0 Å². The molecule has 0 fully saturated rings. The highest BCUT2D eigenvalue weighted by Crippen LogP contribution is 2.55. The topological polar surface area (TPSA) is 60.8 Å². The Morgan fingerprint density at radius 2 is 0.859 bits per heavy atom. The summed E-state index contributed by atoms with van der Waals surface area (Å²) in [5.41, 5.74) is 18.7. The highest BCUT2D eigenvalue weighted by molar-refractivity contribution is 6.00. The molecule has 8 aromatic carbocycles. The van der Waals surface area contributed by atoms with Crippen LogP contribution in [0.3, 0.4) is 0 Å². The minimum Gasteiger partial charge on any atom is -0.456 e. The summed E-state index contributed by atoms with van der Waals surface area (Å²) in [6, 6.07) is 68.4. The number of benzene rings is 8. The summed E-state index contributed by atoms with van der Waals surface area (Å²) in [5, 5.41) is 0. The Bertz CT molecular complexity index is 3430. The van der Waals surface area contributed by atoms with Crippen LogP contribution in [0.15, 0.2) is 207 Å². The number of rotatable bonds is 4. The van der Waals surface area contributed by atoms with Gasteiger partial charge in [-0.25, -0.2) is 19.9 Å². The zero-order chi connectivity index (χ0) is 42.8. The second-order valence-electron chi connectivity index (χ2n) is 17.0. The van der Waals surface area contributed by atoms with E-state index in [0.29, 0.717) is 11.6 Å². The van der Waals surface area contributed by atoms with Gasteiger partial charge in [-0.2, -0.15) is 0 Å². The molecule has 1 aliphatic carbocycles. The molecule has 302 valence electrons. The molecule has 0 amide bonds. The third-order valence-electron chi connectivity index (χ3n) is 12.9. The van der Waals surface area contributed by atoms with Crippen LogP contribution in [0.25, 0.3) is 101 Å². The molecule has 0 spiro atoms. The highest BCUT2D eigenvalue weighted by atomic mass is 16.5. The van der Waals surface area contributed by atoms with Crippen molar-refractivity contribution in [3.8, 4) is 112 Å². The van der Waals surface area contributed by atoms with Crippen LogP contribution in [0.2, 0.25) is 0 Å². The van der Waals surface area contributed by atoms with Gasteiger partial charge in [0.15, 0.2) is 11.6 Å². The molecule has 2 aromatic heterocycles. The van der Waals surface area contributed by atoms with Gasteiger partial charge in [0.2, 0.25) is 0 Å². The van der Waals surface area contributed by atoms with Gasteiger partial charge in [0.1, 0.15) is 11.5 Å². The zero-order valence-electron chi connectivity index (χ0n) is 35.3. The molecule has 0 atom stereocenters. The van der Waals surface area contributed by atoms with Crippen molar-refractivity contribution < 1.29 is 4.74 Å². The van der Waals surface area contributed by atoms with E-state index in [1.165, 1.54) is 22.3 Å². The molecule has 5 nitrogen and oxygen atoms in total. The standard InChI is InChI=1S/C59H40N4O/c1-59(2)51-27-15-13-25-46(51)49-32-50-48-31-39(54-34-53(37-17-5-3-6-18-37)62-58(63-54)40-35-60-57(61-36-40)38-19-7-4-8-20-38)29-30-45(48)43-23-10-9-21-41(43)42-22-11-12-24-44(42)47-26-14-16-28-55(47)64-56(50)33-52(49)59/h3-36H,1-2H3. The Kier molecular flexibility index (Phi) is 8.76. The van der Waals surface area contributed by atoms with Crippen LogP contribution in [0, 0.1) is 0 Å². The van der Waals surface area contributed by atoms with Gasteiger partial charge in [-0.1, -0.05) is 178 Å². The second kappa shape index (κ2) is 15.0. The number of aromatic nitrogens is 4. The molecule has 0 bridgehead atoms. The van der Waals surface area contributed by atoms with Crippen molar-refractivity contribution in [1.29, 1.82) is 0 Å². The Labute approximate surface area is 372 Å². The SMILES string of the molecule is CC1(C)c2ccccc2-c2cc3c(cc21)Oc1ccccc1-c1ccccc1-c1ccccc1-c1ccc(-c2cc(-c4ccccc4)nc(-c4cnc(-c5ccccc5)nc4)n2)cc1-3. The van der Waals surface area contributed by atoms with E-state index in [1.54, 1.807) is 0 Å². The van der Waals surface area contributed by atoms with Crippen LogP contribution in [0.5, 0.6) is 11.5 Å². The Morgan fingerprint density at radius 1 is 0.328 bits per heavy atom. The predicted octanol–water partition coefficient (Wildman–Crippen LogP) is 15.0. The summed E-state index contributed by atoms with van der Waals surface area (Å²) < 4.78 is 7.31. The molecule has 12 rings (SSSR count). The molecule has 0 saturated heterocycles. The molecule has 0 N–H and O–H groups in total. The molecule has 0 saturated carbocycles. The van der Waals surface area contributed by atoms with E-state index in [4.69, 9.17) is 24.7 Å². The summed E-state index contributed by atoms with van der Waals surface area (Å²) in [7, 11) is 0. The first-order valence-corrected chi connectivity index (χ1v) is 21.7. The first kappa shape index (κ1) is 37.5. The van der Waals surface area contributed by atoms with Crippen molar-refractivity contribution in [1.82, 2.24) is 19.9 Å². The van der Waals surface area contributed by atoms with E-state index in [1.807, 2.05) is 60.9 Å². The molecule has 2 aliphatic rings. The van der Waals surface area contributed by atoms with Crippen LogP contribution < -0.4 is 4.74 Å². The predicted molar refractivity (Wildman–Crippen MR) is 259 cm³/mol. The lowest BCUT2D eigenvalue weighted by Gasteiger charge is -2.24. The fourth-order valence-electron chi connectivity index (χ4n) is 9.65. The average molecular weight is 821 g/mol. The van der Waals surface area contributed by atoms with Crippen molar-refractivity contribution in [3.05, 3.63) is 218 Å². The summed E-state index contributed by atoms with van der Waals surface area (Å²) in [4.78, 5) is 19.9. The quantitative estimate of drug-likeness (QED) is 0.177. The highest BCUT2D eigenvalue weighted by Gasteiger charge is 2.37. The summed E-state index contributed by atoms with van der Waals surface area (Å²) in [6.45, 7) is 4.64. The Morgan fingerprint density at radius 3 is 1.53 bits per heavy atom. The van der Waals surface area contributed by atoms with Gasteiger partial charge in [0, 0.05) is 45.6 Å². The van der Waals surface area contributed by atoms with Crippen molar-refractivity contribution in [2.24, 2.45) is 0 Å². The third-order valence-corrected chi connectivity index (χ3v) is 12.9. The van der Waals surface area contributed by atoms with E-state index < -0.39 is 0 Å². The fraction of sp³-hybridized carbons (Fsp3) is 0.0508. The molecule has 0 radical (unpaired) electrons. The van der Waals surface area contributed by atoms with E-state index in [9.17, 15) is 0 Å². The maximum atomic E-state index is 7.31. The molecule has 1 aliphatic heterocycles. The first-order chi connectivity index (χ1) is 31.5. The largest absolute Gasteiger partial charge is 0.456 e. The molecule has 10 aromatic rings. The van der Waals surface area contributed by atoms with Gasteiger partial charge < -0.3 is 4.74 Å². The van der Waals surface area contributed by atoms with E-state index >= 15 is 0 Å². The first-order valence-electron chi connectivity index (χ1n) is 21.7. The monoisotopic (exact) mass is 820 g/mol. The molecule has 64 heavy (non-hydrogen) atoms. The number of para-hydroxylation sites is 1. The second-order valence-corrected chi connectivity index (χ2v) is 17.0. The number of nitrogens with zero attached hydrogens (tertiary/aromatic N) is 4. The molecule has 5 heteroatoms. The van der Waals surface area contributed by atoms with Crippen molar-refractivity contribution in [3.63, 3.8) is 0 Å². The normalized spacial score (nSPS) is 12.8. The lowest BCUT2D eigenvalue weighted by atomic mass is 9.81. The van der Waals surface area contributed by atoms with E-state index in [0.717, 1.165) is 89.6 Å². The van der Waals surface area contributed by atoms with Gasteiger partial charge >= 0.3 is 0 Å². The number of ether oxygens (including phenoxy) is 1. The van der Waals surface area contributed by atoms with E-state index in [-0.39, 0.29) is 5.41 Å².